The fourth-order valence-electron chi connectivity index (χ4n) is 6.46. The minimum Gasteiger partial charge on any atom is -0.469 e. The predicted octanol–water partition coefficient (Wildman–Crippen LogP) is 4.23. The molecule has 4 aliphatic rings. The number of hydrogen-bond acceptors (Lipinski definition) is 6. The van der Waals surface area contributed by atoms with Crippen molar-refractivity contribution in [2.45, 2.75) is 38.4 Å². The van der Waals surface area contributed by atoms with Crippen molar-refractivity contribution < 1.29 is 33.0 Å². The molecule has 7 nitrogen and oxygen atoms in total. The van der Waals surface area contributed by atoms with E-state index in [4.69, 9.17) is 23.7 Å². The Morgan fingerprint density at radius 1 is 0.944 bits per heavy atom. The lowest BCUT2D eigenvalue weighted by Gasteiger charge is -2.51. The quantitative estimate of drug-likeness (QED) is 0.406. The molecule has 2 atom stereocenters. The number of carbonyl (C=O) groups excluding carboxylic acids is 1. The van der Waals surface area contributed by atoms with Crippen molar-refractivity contribution in [1.29, 1.82) is 0 Å². The molecule has 0 saturated carbocycles. The number of rotatable bonds is 4. The summed E-state index contributed by atoms with van der Waals surface area (Å²) in [7, 11) is 1.43. The van der Waals surface area contributed by atoms with Crippen LogP contribution in [0.1, 0.15) is 39.4 Å². The number of carbonyl (C=O) groups is 1. The van der Waals surface area contributed by atoms with Gasteiger partial charge in [-0.15, -0.1) is 0 Å². The van der Waals surface area contributed by atoms with Crippen molar-refractivity contribution >= 4 is 5.97 Å². The van der Waals surface area contributed by atoms with E-state index in [-0.39, 0.29) is 32.0 Å². The van der Waals surface area contributed by atoms with Gasteiger partial charge in [-0.3, -0.25) is 4.79 Å². The topological polar surface area (TPSA) is 63.2 Å². The first kappa shape index (κ1) is 21.6. The zero-order valence-corrected chi connectivity index (χ0v) is 20.2. The lowest BCUT2D eigenvalue weighted by molar-refractivity contribution is -0.985. The third-order valence-electron chi connectivity index (χ3n) is 8.17. The van der Waals surface area contributed by atoms with E-state index in [1.165, 1.54) is 34.9 Å². The van der Waals surface area contributed by atoms with Crippen LogP contribution in [-0.4, -0.2) is 37.7 Å². The Hall–Kier alpha value is -3.71. The van der Waals surface area contributed by atoms with E-state index in [1.54, 1.807) is 0 Å². The molecule has 4 heterocycles. The fraction of sp³-hybridized carbons (Fsp3) is 0.345. The van der Waals surface area contributed by atoms with Crippen LogP contribution in [0, 0.1) is 0 Å². The van der Waals surface area contributed by atoms with Crippen LogP contribution in [0.2, 0.25) is 0 Å². The second-order valence-corrected chi connectivity index (χ2v) is 10.1. The number of methoxy groups -OCH3 is 1. The van der Waals surface area contributed by atoms with E-state index >= 15 is 0 Å². The SMILES string of the molecule is COC(=O)Cc1cccc(C[N+]23CCc4cc5c(cc4C2Cc2ccc4c(c2C3)OCO4)OCO5)c1. The van der Waals surface area contributed by atoms with Gasteiger partial charge in [0.2, 0.25) is 13.6 Å². The number of ether oxygens (including phenoxy) is 5. The maximum Gasteiger partial charge on any atom is 0.309 e. The van der Waals surface area contributed by atoms with Crippen molar-refractivity contribution in [1.82, 2.24) is 0 Å². The monoisotopic (exact) mass is 486 g/mol. The second-order valence-electron chi connectivity index (χ2n) is 10.1. The molecule has 0 bridgehead atoms. The normalized spacial score (nSPS) is 22.4. The van der Waals surface area contributed by atoms with Gasteiger partial charge in [0.15, 0.2) is 23.0 Å². The van der Waals surface area contributed by atoms with E-state index in [0.29, 0.717) is 0 Å². The zero-order chi connectivity index (χ0) is 24.3. The van der Waals surface area contributed by atoms with E-state index in [2.05, 4.69) is 30.3 Å². The molecule has 3 aromatic carbocycles. The molecule has 0 fully saturated rings. The molecular weight excluding hydrogens is 458 g/mol. The molecular formula is C29H28NO6+. The highest BCUT2D eigenvalue weighted by Crippen LogP contribution is 2.51. The van der Waals surface area contributed by atoms with Crippen molar-refractivity contribution in [2.24, 2.45) is 0 Å². The lowest BCUT2D eigenvalue weighted by Crippen LogP contribution is -2.55. The number of benzene rings is 3. The maximum absolute atomic E-state index is 11.9. The number of hydrogen-bond donors (Lipinski definition) is 0. The van der Waals surface area contributed by atoms with Gasteiger partial charge in [-0.2, -0.15) is 0 Å². The largest absolute Gasteiger partial charge is 0.469 e. The van der Waals surface area contributed by atoms with Crippen LogP contribution in [0.15, 0.2) is 48.5 Å². The molecule has 4 aliphatic heterocycles. The molecule has 184 valence electrons. The van der Waals surface area contributed by atoms with Gasteiger partial charge in [-0.25, -0.2) is 0 Å². The summed E-state index contributed by atoms with van der Waals surface area (Å²) in [5, 5.41) is 0. The molecule has 0 N–H and O–H groups in total. The van der Waals surface area contributed by atoms with Gasteiger partial charge in [0.1, 0.15) is 19.1 Å². The Labute approximate surface area is 209 Å². The lowest BCUT2D eigenvalue weighted by atomic mass is 9.80. The number of esters is 1. The first-order valence-electron chi connectivity index (χ1n) is 12.4. The van der Waals surface area contributed by atoms with Gasteiger partial charge in [0, 0.05) is 24.0 Å². The fourth-order valence-corrected chi connectivity index (χ4v) is 6.46. The van der Waals surface area contributed by atoms with Crippen molar-refractivity contribution in [2.75, 3.05) is 27.2 Å². The highest BCUT2D eigenvalue weighted by atomic mass is 16.7. The Kier molecular flexibility index (Phi) is 4.89. The average Bonchev–Trinajstić information content (AvgIpc) is 3.56. The first-order valence-corrected chi connectivity index (χ1v) is 12.4. The van der Waals surface area contributed by atoms with Crippen LogP contribution in [0.3, 0.4) is 0 Å². The Morgan fingerprint density at radius 3 is 2.64 bits per heavy atom. The molecule has 7 rings (SSSR count). The van der Waals surface area contributed by atoms with Gasteiger partial charge < -0.3 is 28.2 Å². The molecule has 3 aromatic rings. The van der Waals surface area contributed by atoms with E-state index in [0.717, 1.165) is 65.5 Å². The number of fused-ring (bicyclic) bond motifs is 7. The minimum atomic E-state index is -0.223. The molecule has 0 spiro atoms. The van der Waals surface area contributed by atoms with Crippen molar-refractivity contribution in [3.05, 3.63) is 81.9 Å². The van der Waals surface area contributed by atoms with Crippen molar-refractivity contribution in [3.8, 4) is 23.0 Å². The standard InChI is InChI=1S/C29H28NO6/c1-32-28(31)10-18-3-2-4-19(9-18)14-30-8-7-21-12-26-27(35-16-34-26)13-22(21)24(30)11-20-5-6-25-29(23(20)15-30)36-17-33-25/h2-6,9,12-13,24H,7-8,10-11,14-17H2,1H3/q+1. The summed E-state index contributed by atoms with van der Waals surface area (Å²) in [5.74, 6) is 3.21. The zero-order valence-electron chi connectivity index (χ0n) is 20.2. The van der Waals surface area contributed by atoms with Crippen LogP contribution in [-0.2, 0) is 41.9 Å². The molecule has 0 amide bonds. The highest BCUT2D eigenvalue weighted by Gasteiger charge is 2.48. The average molecular weight is 487 g/mol. The van der Waals surface area contributed by atoms with Crippen LogP contribution in [0.4, 0.5) is 0 Å². The summed E-state index contributed by atoms with van der Waals surface area (Å²) < 4.78 is 28.9. The third-order valence-corrected chi connectivity index (χ3v) is 8.17. The van der Waals surface area contributed by atoms with Gasteiger partial charge in [0.25, 0.3) is 0 Å². The molecule has 7 heteroatoms. The highest BCUT2D eigenvalue weighted by molar-refractivity contribution is 5.72. The van der Waals surface area contributed by atoms with Gasteiger partial charge in [-0.05, 0) is 41.0 Å². The van der Waals surface area contributed by atoms with E-state index in [1.807, 2.05) is 18.2 Å². The summed E-state index contributed by atoms with van der Waals surface area (Å²) in [6, 6.07) is 17.3. The molecule has 2 unspecified atom stereocenters. The number of nitrogens with zero attached hydrogens (tertiary/aromatic N) is 1. The summed E-state index contributed by atoms with van der Waals surface area (Å²) in [6.45, 7) is 3.28. The van der Waals surface area contributed by atoms with Gasteiger partial charge in [-0.1, -0.05) is 24.3 Å². The van der Waals surface area contributed by atoms with Gasteiger partial charge >= 0.3 is 5.97 Å². The predicted molar refractivity (Wildman–Crippen MR) is 130 cm³/mol. The van der Waals surface area contributed by atoms with E-state index in [9.17, 15) is 4.79 Å². The summed E-state index contributed by atoms with van der Waals surface area (Å²) in [4.78, 5) is 11.9. The minimum absolute atomic E-state index is 0.223. The Bertz CT molecular complexity index is 1380. The molecule has 36 heavy (non-hydrogen) atoms. The summed E-state index contributed by atoms with van der Waals surface area (Å²) in [5.41, 5.74) is 7.48. The number of quaternary nitrogens is 1. The van der Waals surface area contributed by atoms with Crippen LogP contribution >= 0.6 is 0 Å². The smallest absolute Gasteiger partial charge is 0.309 e. The van der Waals surface area contributed by atoms with Crippen molar-refractivity contribution in [3.63, 3.8) is 0 Å². The van der Waals surface area contributed by atoms with Crippen LogP contribution in [0.5, 0.6) is 23.0 Å². The Morgan fingerprint density at radius 2 is 1.75 bits per heavy atom. The molecule has 0 aliphatic carbocycles. The molecule has 0 saturated heterocycles. The van der Waals surface area contributed by atoms with E-state index < -0.39 is 0 Å². The van der Waals surface area contributed by atoms with Crippen LogP contribution in [0.25, 0.3) is 0 Å². The molecule has 0 aromatic heterocycles. The van der Waals surface area contributed by atoms with Crippen LogP contribution < -0.4 is 18.9 Å². The molecule has 0 radical (unpaired) electrons. The Balaban J connectivity index is 1.32. The van der Waals surface area contributed by atoms with Gasteiger partial charge in [0.05, 0.1) is 25.6 Å². The first-order chi connectivity index (χ1) is 17.6. The third kappa shape index (κ3) is 3.41. The summed E-state index contributed by atoms with van der Waals surface area (Å²) >= 11 is 0. The maximum atomic E-state index is 11.9. The second kappa shape index (κ2) is 8.17. The summed E-state index contributed by atoms with van der Waals surface area (Å²) in [6.07, 6.45) is 2.16.